The van der Waals surface area contributed by atoms with Crippen LogP contribution in [0.5, 0.6) is 0 Å². The lowest BCUT2D eigenvalue weighted by Gasteiger charge is -2.06. The van der Waals surface area contributed by atoms with E-state index in [1.165, 1.54) is 18.6 Å². The second-order valence-electron chi connectivity index (χ2n) is 4.10. The van der Waals surface area contributed by atoms with Crippen molar-refractivity contribution in [3.8, 4) is 11.5 Å². The fraction of sp³-hybridized carbons (Fsp3) is 0.0714. The Morgan fingerprint density at radius 2 is 2.00 bits per heavy atom. The van der Waals surface area contributed by atoms with Gasteiger partial charge in [-0.15, -0.1) is 0 Å². The second kappa shape index (κ2) is 5.91. The molecule has 0 unspecified atom stereocenters. The normalized spacial score (nSPS) is 10.3. The fourth-order valence-corrected chi connectivity index (χ4v) is 1.79. The lowest BCUT2D eigenvalue weighted by Crippen LogP contribution is -2.24. The SMILES string of the molecule is O=C(NCc1nccnc1-c1ccco1)c1cnccn1. The summed E-state index contributed by atoms with van der Waals surface area (Å²) in [5.41, 5.74) is 1.47. The van der Waals surface area contributed by atoms with E-state index in [1.54, 1.807) is 30.8 Å². The molecule has 0 bridgehead atoms. The van der Waals surface area contributed by atoms with Crippen LogP contribution < -0.4 is 5.32 Å². The quantitative estimate of drug-likeness (QED) is 0.778. The number of amides is 1. The van der Waals surface area contributed by atoms with Gasteiger partial charge in [-0.05, 0) is 12.1 Å². The van der Waals surface area contributed by atoms with E-state index < -0.39 is 0 Å². The van der Waals surface area contributed by atoms with E-state index in [2.05, 4.69) is 25.3 Å². The standard InChI is InChI=1S/C14H11N5O2/c20-14(11-8-15-3-4-17-11)19-9-10-13(18-6-5-16-10)12-2-1-7-21-12/h1-8H,9H2,(H,19,20). The van der Waals surface area contributed by atoms with Gasteiger partial charge in [-0.25, -0.2) is 9.97 Å². The van der Waals surface area contributed by atoms with E-state index in [-0.39, 0.29) is 18.1 Å². The molecule has 0 aromatic carbocycles. The van der Waals surface area contributed by atoms with Gasteiger partial charge in [0, 0.05) is 24.8 Å². The maximum absolute atomic E-state index is 11.9. The Labute approximate surface area is 120 Å². The van der Waals surface area contributed by atoms with Gasteiger partial charge in [-0.2, -0.15) is 0 Å². The Morgan fingerprint density at radius 3 is 2.76 bits per heavy atom. The van der Waals surface area contributed by atoms with Gasteiger partial charge >= 0.3 is 0 Å². The summed E-state index contributed by atoms with van der Waals surface area (Å²) in [5, 5.41) is 2.73. The molecular weight excluding hydrogens is 270 g/mol. The highest BCUT2D eigenvalue weighted by Crippen LogP contribution is 2.19. The lowest BCUT2D eigenvalue weighted by atomic mass is 10.2. The Bertz CT molecular complexity index is 728. The summed E-state index contributed by atoms with van der Waals surface area (Å²) in [5.74, 6) is 0.283. The molecule has 1 N–H and O–H groups in total. The van der Waals surface area contributed by atoms with Gasteiger partial charge in [-0.1, -0.05) is 0 Å². The van der Waals surface area contributed by atoms with Crippen molar-refractivity contribution in [2.45, 2.75) is 6.54 Å². The molecule has 0 atom stereocenters. The van der Waals surface area contributed by atoms with Gasteiger partial charge in [0.15, 0.2) is 5.76 Å². The van der Waals surface area contributed by atoms with Crippen LogP contribution in [0.25, 0.3) is 11.5 Å². The first-order valence-electron chi connectivity index (χ1n) is 6.22. The van der Waals surface area contributed by atoms with Gasteiger partial charge in [0.05, 0.1) is 24.7 Å². The highest BCUT2D eigenvalue weighted by molar-refractivity contribution is 5.91. The number of carbonyl (C=O) groups excluding carboxylic acids is 1. The third-order valence-electron chi connectivity index (χ3n) is 2.74. The van der Waals surface area contributed by atoms with Crippen LogP contribution in [-0.4, -0.2) is 25.8 Å². The minimum Gasteiger partial charge on any atom is -0.463 e. The molecule has 0 aliphatic carbocycles. The Hall–Kier alpha value is -3.09. The van der Waals surface area contributed by atoms with E-state index in [0.29, 0.717) is 17.1 Å². The Kier molecular flexibility index (Phi) is 3.64. The first-order valence-corrected chi connectivity index (χ1v) is 6.22. The second-order valence-corrected chi connectivity index (χ2v) is 4.10. The van der Waals surface area contributed by atoms with Crippen LogP contribution in [0.3, 0.4) is 0 Å². The summed E-state index contributed by atoms with van der Waals surface area (Å²) in [7, 11) is 0. The van der Waals surface area contributed by atoms with Gasteiger partial charge in [0.25, 0.3) is 5.91 Å². The average molecular weight is 281 g/mol. The molecule has 7 heteroatoms. The first-order chi connectivity index (χ1) is 10.3. The zero-order valence-electron chi connectivity index (χ0n) is 10.9. The molecule has 21 heavy (non-hydrogen) atoms. The van der Waals surface area contributed by atoms with E-state index in [0.717, 1.165) is 0 Å². The minimum absolute atomic E-state index is 0.222. The summed E-state index contributed by atoms with van der Waals surface area (Å²) < 4.78 is 5.31. The van der Waals surface area contributed by atoms with Crippen LogP contribution in [0.2, 0.25) is 0 Å². The number of furan rings is 1. The molecule has 0 saturated heterocycles. The number of nitrogens with zero attached hydrogens (tertiary/aromatic N) is 4. The van der Waals surface area contributed by atoms with Crippen molar-refractivity contribution in [2.24, 2.45) is 0 Å². The van der Waals surface area contributed by atoms with Crippen molar-refractivity contribution < 1.29 is 9.21 Å². The van der Waals surface area contributed by atoms with Crippen LogP contribution in [0.1, 0.15) is 16.2 Å². The highest BCUT2D eigenvalue weighted by Gasteiger charge is 2.12. The molecule has 1 amide bonds. The van der Waals surface area contributed by atoms with Crippen molar-refractivity contribution in [3.05, 3.63) is 60.8 Å². The van der Waals surface area contributed by atoms with E-state index in [1.807, 2.05) is 0 Å². The maximum atomic E-state index is 11.9. The molecule has 0 fully saturated rings. The lowest BCUT2D eigenvalue weighted by molar-refractivity contribution is 0.0945. The molecule has 104 valence electrons. The van der Waals surface area contributed by atoms with Crippen molar-refractivity contribution in [2.75, 3.05) is 0 Å². The van der Waals surface area contributed by atoms with Crippen LogP contribution in [0, 0.1) is 0 Å². The van der Waals surface area contributed by atoms with Crippen LogP contribution in [-0.2, 0) is 6.54 Å². The highest BCUT2D eigenvalue weighted by atomic mass is 16.3. The number of hydrogen-bond acceptors (Lipinski definition) is 6. The third-order valence-corrected chi connectivity index (χ3v) is 2.74. The van der Waals surface area contributed by atoms with E-state index in [4.69, 9.17) is 4.42 Å². The molecule has 0 aliphatic heterocycles. The third kappa shape index (κ3) is 2.92. The molecule has 7 nitrogen and oxygen atoms in total. The van der Waals surface area contributed by atoms with Gasteiger partial charge in [-0.3, -0.25) is 14.8 Å². The summed E-state index contributed by atoms with van der Waals surface area (Å²) in [6.45, 7) is 0.222. The minimum atomic E-state index is -0.320. The molecule has 3 aromatic heterocycles. The van der Waals surface area contributed by atoms with Gasteiger partial charge in [0.1, 0.15) is 11.4 Å². The summed E-state index contributed by atoms with van der Waals surface area (Å²) in [4.78, 5) is 28.2. The number of carbonyl (C=O) groups is 1. The van der Waals surface area contributed by atoms with Crippen molar-refractivity contribution >= 4 is 5.91 Å². The Morgan fingerprint density at radius 1 is 1.14 bits per heavy atom. The monoisotopic (exact) mass is 281 g/mol. The molecule has 3 heterocycles. The number of rotatable bonds is 4. The predicted octanol–water partition coefficient (Wildman–Crippen LogP) is 1.46. The van der Waals surface area contributed by atoms with Gasteiger partial charge < -0.3 is 9.73 Å². The number of hydrogen-bond donors (Lipinski definition) is 1. The molecule has 3 rings (SSSR count). The van der Waals surface area contributed by atoms with Crippen LogP contribution in [0.15, 0.2) is 53.8 Å². The van der Waals surface area contributed by atoms with Crippen molar-refractivity contribution in [3.63, 3.8) is 0 Å². The first kappa shape index (κ1) is 12.9. The number of nitrogens with one attached hydrogen (secondary N) is 1. The summed E-state index contributed by atoms with van der Waals surface area (Å²) >= 11 is 0. The average Bonchev–Trinajstić information content (AvgIpc) is 3.08. The van der Waals surface area contributed by atoms with E-state index >= 15 is 0 Å². The largest absolute Gasteiger partial charge is 0.463 e. The predicted molar refractivity (Wildman–Crippen MR) is 72.9 cm³/mol. The molecule has 0 spiro atoms. The van der Waals surface area contributed by atoms with E-state index in [9.17, 15) is 4.79 Å². The van der Waals surface area contributed by atoms with Gasteiger partial charge in [0.2, 0.25) is 0 Å². The molecule has 3 aromatic rings. The zero-order valence-corrected chi connectivity index (χ0v) is 10.9. The fourth-order valence-electron chi connectivity index (χ4n) is 1.79. The van der Waals surface area contributed by atoms with Crippen LogP contribution >= 0.6 is 0 Å². The molecular formula is C14H11N5O2. The molecule has 0 radical (unpaired) electrons. The van der Waals surface area contributed by atoms with Crippen molar-refractivity contribution in [1.82, 2.24) is 25.3 Å². The summed E-state index contributed by atoms with van der Waals surface area (Å²) in [6.07, 6.45) is 9.08. The smallest absolute Gasteiger partial charge is 0.271 e. The maximum Gasteiger partial charge on any atom is 0.271 e. The summed E-state index contributed by atoms with van der Waals surface area (Å²) in [6, 6.07) is 3.56. The van der Waals surface area contributed by atoms with Crippen molar-refractivity contribution in [1.29, 1.82) is 0 Å². The topological polar surface area (TPSA) is 93.8 Å². The Balaban J connectivity index is 1.76. The number of aromatic nitrogens is 4. The molecule has 0 aliphatic rings. The van der Waals surface area contributed by atoms with Crippen LogP contribution in [0.4, 0.5) is 0 Å². The zero-order chi connectivity index (χ0) is 14.5. The molecule has 0 saturated carbocycles.